The Kier molecular flexibility index (Phi) is 6.52. The number of fused-ring (bicyclic) bond motifs is 2. The van der Waals surface area contributed by atoms with Crippen molar-refractivity contribution in [2.24, 2.45) is 5.92 Å². The van der Waals surface area contributed by atoms with E-state index in [1.807, 2.05) is 6.07 Å². The van der Waals surface area contributed by atoms with E-state index in [2.05, 4.69) is 11.8 Å². The highest BCUT2D eigenvalue weighted by Crippen LogP contribution is 2.43. The summed E-state index contributed by atoms with van der Waals surface area (Å²) in [5.74, 6) is 0.708. The number of piperidine rings is 1. The van der Waals surface area contributed by atoms with Crippen molar-refractivity contribution in [3.8, 4) is 11.5 Å². The smallest absolute Gasteiger partial charge is 0.428 e. The quantitative estimate of drug-likeness (QED) is 0.419. The van der Waals surface area contributed by atoms with Gasteiger partial charge in [-0.15, -0.1) is 0 Å². The maximum absolute atomic E-state index is 12.2. The number of benzene rings is 1. The summed E-state index contributed by atoms with van der Waals surface area (Å²) in [5.41, 5.74) is 1.49. The third kappa shape index (κ3) is 5.30. The zero-order valence-corrected chi connectivity index (χ0v) is 18.2. The molecule has 1 aromatic rings. The molecule has 0 radical (unpaired) electrons. The number of esters is 1. The van der Waals surface area contributed by atoms with Crippen LogP contribution in [0.15, 0.2) is 12.1 Å². The first-order valence-electron chi connectivity index (χ1n) is 10.7. The Balaban J connectivity index is 1.90. The molecule has 1 fully saturated rings. The van der Waals surface area contributed by atoms with Crippen LogP contribution in [0.4, 0.5) is 4.79 Å². The number of ether oxygens (including phenoxy) is 3. The molecule has 0 amide bonds. The second-order valence-electron chi connectivity index (χ2n) is 9.10. The molecule has 2 atom stereocenters. The maximum Gasteiger partial charge on any atom is 0.514 e. The molecule has 2 aliphatic rings. The zero-order chi connectivity index (χ0) is 21.2. The molecule has 0 aromatic heterocycles. The Bertz CT molecular complexity index is 765. The Hall–Kier alpha value is -2.08. The molecule has 0 spiro atoms. The third-order valence-electron chi connectivity index (χ3n) is 5.59. The summed E-state index contributed by atoms with van der Waals surface area (Å²) in [6.45, 7) is 11.2. The summed E-state index contributed by atoms with van der Waals surface area (Å²) < 4.78 is 16.2. The van der Waals surface area contributed by atoms with Gasteiger partial charge in [-0.05, 0) is 83.5 Å². The molecular weight excluding hydrogens is 370 g/mol. The van der Waals surface area contributed by atoms with Crippen LogP contribution in [-0.2, 0) is 22.4 Å². The summed E-state index contributed by atoms with van der Waals surface area (Å²) in [5, 5.41) is 0. The zero-order valence-electron chi connectivity index (χ0n) is 18.2. The molecule has 1 heterocycles. The standard InChI is InChI=1S/C23H33NO5/c1-6-11-24-12-7-8-17-13-18-16(14-19(17)24)9-10-20(21(18)27-15(2)25)28-22(26)29-23(3,4)5/h9-10,17,19H,6-8,11-14H2,1-5H3/t17-,19-/m1/s1. The van der Waals surface area contributed by atoms with Gasteiger partial charge < -0.3 is 14.2 Å². The topological polar surface area (TPSA) is 65.1 Å². The lowest BCUT2D eigenvalue weighted by Crippen LogP contribution is -2.49. The molecule has 0 saturated carbocycles. The third-order valence-corrected chi connectivity index (χ3v) is 5.59. The van der Waals surface area contributed by atoms with Crippen LogP contribution in [0, 0.1) is 5.92 Å². The van der Waals surface area contributed by atoms with E-state index in [4.69, 9.17) is 14.2 Å². The van der Waals surface area contributed by atoms with Crippen LogP contribution in [0.3, 0.4) is 0 Å². The molecule has 6 nitrogen and oxygen atoms in total. The minimum Gasteiger partial charge on any atom is -0.428 e. The van der Waals surface area contributed by atoms with Crippen LogP contribution in [-0.4, -0.2) is 41.8 Å². The monoisotopic (exact) mass is 403 g/mol. The van der Waals surface area contributed by atoms with Gasteiger partial charge in [0, 0.05) is 18.5 Å². The van der Waals surface area contributed by atoms with Crippen LogP contribution in [0.25, 0.3) is 0 Å². The molecule has 0 unspecified atom stereocenters. The molecule has 29 heavy (non-hydrogen) atoms. The van der Waals surface area contributed by atoms with Crippen molar-refractivity contribution >= 4 is 12.1 Å². The SMILES string of the molecule is CCCN1CCC[C@@H]2Cc3c(ccc(OC(=O)OC(C)(C)C)c3OC(C)=O)C[C@H]21. The number of rotatable bonds is 4. The van der Waals surface area contributed by atoms with Gasteiger partial charge in [0.1, 0.15) is 5.60 Å². The highest BCUT2D eigenvalue weighted by atomic mass is 16.7. The lowest BCUT2D eigenvalue weighted by atomic mass is 9.75. The average molecular weight is 404 g/mol. The normalized spacial score (nSPS) is 21.7. The van der Waals surface area contributed by atoms with Crippen LogP contribution in [0.5, 0.6) is 11.5 Å². The fourth-order valence-electron chi connectivity index (χ4n) is 4.56. The predicted molar refractivity (Wildman–Crippen MR) is 110 cm³/mol. The molecule has 1 aliphatic heterocycles. The number of likely N-dealkylation sites (tertiary alicyclic amines) is 1. The van der Waals surface area contributed by atoms with E-state index in [0.29, 0.717) is 17.7 Å². The minimum atomic E-state index is -0.800. The van der Waals surface area contributed by atoms with E-state index >= 15 is 0 Å². The Morgan fingerprint density at radius 2 is 1.93 bits per heavy atom. The number of carbonyl (C=O) groups is 2. The molecule has 6 heteroatoms. The number of hydrogen-bond acceptors (Lipinski definition) is 6. The molecule has 0 N–H and O–H groups in total. The lowest BCUT2D eigenvalue weighted by Gasteiger charge is -2.45. The van der Waals surface area contributed by atoms with Crippen LogP contribution < -0.4 is 9.47 Å². The highest BCUT2D eigenvalue weighted by Gasteiger charge is 2.37. The van der Waals surface area contributed by atoms with Crippen molar-refractivity contribution in [2.45, 2.75) is 78.4 Å². The molecule has 160 valence electrons. The van der Waals surface area contributed by atoms with Gasteiger partial charge in [0.25, 0.3) is 0 Å². The first-order chi connectivity index (χ1) is 13.7. The van der Waals surface area contributed by atoms with E-state index in [0.717, 1.165) is 37.9 Å². The van der Waals surface area contributed by atoms with E-state index in [9.17, 15) is 9.59 Å². The summed E-state index contributed by atoms with van der Waals surface area (Å²) in [6.07, 6.45) is 4.47. The van der Waals surface area contributed by atoms with Gasteiger partial charge in [-0.2, -0.15) is 0 Å². The van der Waals surface area contributed by atoms with Crippen molar-refractivity contribution in [1.82, 2.24) is 4.90 Å². The first kappa shape index (κ1) is 21.6. The Morgan fingerprint density at radius 3 is 2.59 bits per heavy atom. The molecule has 1 aliphatic carbocycles. The van der Waals surface area contributed by atoms with Gasteiger partial charge in [0.2, 0.25) is 0 Å². The van der Waals surface area contributed by atoms with Crippen LogP contribution in [0.1, 0.15) is 65.0 Å². The fourth-order valence-corrected chi connectivity index (χ4v) is 4.56. The lowest BCUT2D eigenvalue weighted by molar-refractivity contribution is -0.132. The molecule has 1 aromatic carbocycles. The van der Waals surface area contributed by atoms with Crippen LogP contribution in [0.2, 0.25) is 0 Å². The molecule has 0 bridgehead atoms. The molecule has 1 saturated heterocycles. The summed E-state index contributed by atoms with van der Waals surface area (Å²) in [4.78, 5) is 26.6. The minimum absolute atomic E-state index is 0.243. The fraction of sp³-hybridized carbons (Fsp3) is 0.652. The molecular formula is C23H33NO5. The van der Waals surface area contributed by atoms with Crippen molar-refractivity contribution < 1.29 is 23.8 Å². The van der Waals surface area contributed by atoms with Gasteiger partial charge in [0.05, 0.1) is 0 Å². The van der Waals surface area contributed by atoms with Crippen LogP contribution >= 0.6 is 0 Å². The molecule has 3 rings (SSSR count). The van der Waals surface area contributed by atoms with Crippen molar-refractivity contribution in [2.75, 3.05) is 13.1 Å². The van der Waals surface area contributed by atoms with Gasteiger partial charge in [-0.3, -0.25) is 9.69 Å². The predicted octanol–water partition coefficient (Wildman–Crippen LogP) is 4.52. The van der Waals surface area contributed by atoms with E-state index in [1.165, 1.54) is 25.3 Å². The van der Waals surface area contributed by atoms with Gasteiger partial charge in [0.15, 0.2) is 11.5 Å². The van der Waals surface area contributed by atoms with Crippen molar-refractivity contribution in [1.29, 1.82) is 0 Å². The summed E-state index contributed by atoms with van der Waals surface area (Å²) in [7, 11) is 0. The Labute approximate surface area is 173 Å². The van der Waals surface area contributed by atoms with E-state index in [1.54, 1.807) is 26.8 Å². The van der Waals surface area contributed by atoms with Crippen molar-refractivity contribution in [3.05, 3.63) is 23.3 Å². The number of carbonyl (C=O) groups excluding carboxylic acids is 2. The second-order valence-corrected chi connectivity index (χ2v) is 9.10. The average Bonchev–Trinajstić information content (AvgIpc) is 2.61. The summed E-state index contributed by atoms with van der Waals surface area (Å²) in [6, 6.07) is 4.24. The van der Waals surface area contributed by atoms with Gasteiger partial charge >= 0.3 is 12.1 Å². The largest absolute Gasteiger partial charge is 0.514 e. The van der Waals surface area contributed by atoms with Crippen molar-refractivity contribution in [3.63, 3.8) is 0 Å². The second kappa shape index (κ2) is 8.74. The number of hydrogen-bond donors (Lipinski definition) is 0. The summed E-state index contributed by atoms with van der Waals surface area (Å²) >= 11 is 0. The van der Waals surface area contributed by atoms with Gasteiger partial charge in [-0.1, -0.05) is 13.0 Å². The first-order valence-corrected chi connectivity index (χ1v) is 10.7. The van der Waals surface area contributed by atoms with Gasteiger partial charge in [-0.25, -0.2) is 4.79 Å². The Morgan fingerprint density at radius 1 is 1.17 bits per heavy atom. The van der Waals surface area contributed by atoms with E-state index < -0.39 is 17.7 Å². The number of nitrogens with zero attached hydrogens (tertiary/aromatic N) is 1. The maximum atomic E-state index is 12.2. The van der Waals surface area contributed by atoms with E-state index in [-0.39, 0.29) is 5.75 Å². The highest BCUT2D eigenvalue weighted by molar-refractivity contribution is 5.73.